The van der Waals surface area contributed by atoms with E-state index in [4.69, 9.17) is 15.5 Å². The Bertz CT molecular complexity index is 1380. The molecular weight excluding hydrogens is 366 g/mol. The van der Waals surface area contributed by atoms with Gasteiger partial charge >= 0.3 is 0 Å². The molecule has 0 saturated carbocycles. The molecule has 0 radical (unpaired) electrons. The molecule has 0 spiro atoms. The number of anilines is 1. The third kappa shape index (κ3) is 2.80. The monoisotopic (exact) mass is 383 g/mol. The van der Waals surface area contributed by atoms with Crippen molar-refractivity contribution in [3.8, 4) is 33.9 Å². The number of phenolic OH excluding ortho intramolecular Hbond substituents is 1. The Morgan fingerprint density at radius 2 is 1.86 bits per heavy atom. The highest BCUT2D eigenvalue weighted by Gasteiger charge is 2.14. The first-order valence-electron chi connectivity index (χ1n) is 9.01. The normalized spacial score (nSPS) is 11.2. The standard InChI is InChI=1S/C22H17N5O2/c1-29-20-9-14(6-7-19(20)28)18-10-21(23)27-22(26-18)16(12-25-27)15-8-13-4-2-3-5-17(13)24-11-15/h2-12,28H,23H2,1H3. The minimum atomic E-state index is 0.0672. The number of fused-ring (bicyclic) bond motifs is 2. The minimum Gasteiger partial charge on any atom is -0.504 e. The smallest absolute Gasteiger partial charge is 0.165 e. The van der Waals surface area contributed by atoms with E-state index in [1.165, 1.54) is 7.11 Å². The van der Waals surface area contributed by atoms with E-state index in [1.807, 2.05) is 30.5 Å². The summed E-state index contributed by atoms with van der Waals surface area (Å²) in [6.07, 6.45) is 3.55. The predicted octanol–water partition coefficient (Wildman–Crippen LogP) is 3.91. The first kappa shape index (κ1) is 17.0. The van der Waals surface area contributed by atoms with Crippen molar-refractivity contribution in [1.82, 2.24) is 19.6 Å². The molecule has 0 amide bonds. The van der Waals surface area contributed by atoms with Crippen molar-refractivity contribution >= 4 is 22.4 Å². The molecule has 0 unspecified atom stereocenters. The van der Waals surface area contributed by atoms with Crippen LogP contribution in [0.2, 0.25) is 0 Å². The highest BCUT2D eigenvalue weighted by molar-refractivity contribution is 5.87. The van der Waals surface area contributed by atoms with E-state index in [2.05, 4.69) is 16.1 Å². The van der Waals surface area contributed by atoms with Gasteiger partial charge in [-0.1, -0.05) is 18.2 Å². The first-order chi connectivity index (χ1) is 14.1. The third-order valence-electron chi connectivity index (χ3n) is 4.88. The van der Waals surface area contributed by atoms with Crippen LogP contribution in [0, 0.1) is 0 Å². The molecular formula is C22H17N5O2. The number of benzene rings is 2. The topological polar surface area (TPSA) is 98.6 Å². The van der Waals surface area contributed by atoms with Crippen LogP contribution >= 0.6 is 0 Å². The number of ether oxygens (including phenoxy) is 1. The van der Waals surface area contributed by atoms with Crippen LogP contribution in [0.1, 0.15) is 0 Å². The van der Waals surface area contributed by atoms with E-state index in [0.717, 1.165) is 27.6 Å². The zero-order valence-corrected chi connectivity index (χ0v) is 15.6. The molecule has 3 N–H and O–H groups in total. The van der Waals surface area contributed by atoms with Gasteiger partial charge in [0.15, 0.2) is 17.1 Å². The number of pyridine rings is 1. The van der Waals surface area contributed by atoms with Crippen molar-refractivity contribution in [2.24, 2.45) is 0 Å². The van der Waals surface area contributed by atoms with Gasteiger partial charge in [0, 0.05) is 34.3 Å². The maximum atomic E-state index is 9.86. The average Bonchev–Trinajstić information content (AvgIpc) is 3.18. The highest BCUT2D eigenvalue weighted by Crippen LogP contribution is 2.33. The maximum absolute atomic E-state index is 9.86. The molecule has 0 atom stereocenters. The SMILES string of the molecule is COc1cc(-c2cc(N)n3ncc(-c4cnc5ccccc5c4)c3n2)ccc1O. The molecule has 0 aliphatic rings. The number of para-hydroxylation sites is 1. The lowest BCUT2D eigenvalue weighted by Gasteiger charge is -2.09. The lowest BCUT2D eigenvalue weighted by atomic mass is 10.1. The van der Waals surface area contributed by atoms with Crippen molar-refractivity contribution < 1.29 is 9.84 Å². The molecule has 5 rings (SSSR count). The summed E-state index contributed by atoms with van der Waals surface area (Å²) in [5.74, 6) is 0.893. The number of hydrogen-bond acceptors (Lipinski definition) is 6. The summed E-state index contributed by atoms with van der Waals surface area (Å²) >= 11 is 0. The van der Waals surface area contributed by atoms with Gasteiger partial charge in [-0.3, -0.25) is 4.98 Å². The fraction of sp³-hybridized carbons (Fsp3) is 0.0455. The van der Waals surface area contributed by atoms with Crippen LogP contribution < -0.4 is 10.5 Å². The first-order valence-corrected chi connectivity index (χ1v) is 9.01. The van der Waals surface area contributed by atoms with Crippen LogP contribution in [0.15, 0.2) is 67.0 Å². The van der Waals surface area contributed by atoms with Crippen LogP contribution in [-0.2, 0) is 0 Å². The van der Waals surface area contributed by atoms with Crippen LogP contribution in [0.4, 0.5) is 5.82 Å². The molecule has 7 heteroatoms. The number of aromatic hydroxyl groups is 1. The fourth-order valence-electron chi connectivity index (χ4n) is 3.39. The molecule has 3 heterocycles. The average molecular weight is 383 g/mol. The van der Waals surface area contributed by atoms with E-state index in [-0.39, 0.29) is 5.75 Å². The number of nitrogens with zero attached hydrogens (tertiary/aromatic N) is 4. The second-order valence-corrected chi connectivity index (χ2v) is 6.66. The number of rotatable bonds is 3. The number of aromatic nitrogens is 4. The molecule has 0 aliphatic carbocycles. The van der Waals surface area contributed by atoms with E-state index in [1.54, 1.807) is 35.0 Å². The highest BCUT2D eigenvalue weighted by atomic mass is 16.5. The second kappa shape index (κ2) is 6.49. The van der Waals surface area contributed by atoms with Crippen molar-refractivity contribution in [3.05, 3.63) is 67.0 Å². The van der Waals surface area contributed by atoms with E-state index < -0.39 is 0 Å². The minimum absolute atomic E-state index is 0.0672. The van der Waals surface area contributed by atoms with Crippen LogP contribution in [0.3, 0.4) is 0 Å². The van der Waals surface area contributed by atoms with Gasteiger partial charge in [-0.15, -0.1) is 0 Å². The van der Waals surface area contributed by atoms with E-state index in [9.17, 15) is 5.11 Å². The summed E-state index contributed by atoms with van der Waals surface area (Å²) in [5, 5.41) is 15.3. The Balaban J connectivity index is 1.70. The van der Waals surface area contributed by atoms with Gasteiger partial charge in [-0.2, -0.15) is 9.61 Å². The van der Waals surface area contributed by atoms with Crippen molar-refractivity contribution in [1.29, 1.82) is 0 Å². The molecule has 0 aliphatic heterocycles. The Morgan fingerprint density at radius 3 is 2.72 bits per heavy atom. The van der Waals surface area contributed by atoms with E-state index in [0.29, 0.717) is 22.9 Å². The lowest BCUT2D eigenvalue weighted by molar-refractivity contribution is 0.373. The summed E-state index contributed by atoms with van der Waals surface area (Å²) in [7, 11) is 1.51. The molecule has 0 saturated heterocycles. The predicted molar refractivity (Wildman–Crippen MR) is 112 cm³/mol. The van der Waals surface area contributed by atoms with Crippen molar-refractivity contribution in [2.75, 3.05) is 12.8 Å². The molecule has 5 aromatic rings. The Hall–Kier alpha value is -4.13. The van der Waals surface area contributed by atoms with Gasteiger partial charge in [-0.25, -0.2) is 4.98 Å². The van der Waals surface area contributed by atoms with Crippen molar-refractivity contribution in [3.63, 3.8) is 0 Å². The van der Waals surface area contributed by atoms with Gasteiger partial charge in [0.25, 0.3) is 0 Å². The van der Waals surface area contributed by atoms with E-state index >= 15 is 0 Å². The van der Waals surface area contributed by atoms with Gasteiger partial charge in [0.1, 0.15) is 5.82 Å². The zero-order chi connectivity index (χ0) is 20.0. The summed E-state index contributed by atoms with van der Waals surface area (Å²) in [6, 6.07) is 16.8. The number of nitrogens with two attached hydrogens (primary N) is 1. The third-order valence-corrected chi connectivity index (χ3v) is 4.88. The van der Waals surface area contributed by atoms with Crippen LogP contribution in [-0.4, -0.2) is 31.8 Å². The van der Waals surface area contributed by atoms with Crippen LogP contribution in [0.5, 0.6) is 11.5 Å². The Morgan fingerprint density at radius 1 is 1.00 bits per heavy atom. The molecule has 142 valence electrons. The molecule has 0 fully saturated rings. The number of phenols is 1. The summed E-state index contributed by atoms with van der Waals surface area (Å²) < 4.78 is 6.81. The summed E-state index contributed by atoms with van der Waals surface area (Å²) in [4.78, 5) is 9.32. The van der Waals surface area contributed by atoms with Gasteiger partial charge in [0.05, 0.1) is 24.5 Å². The molecule has 2 aromatic carbocycles. The van der Waals surface area contributed by atoms with Crippen molar-refractivity contribution in [2.45, 2.75) is 0 Å². The molecule has 3 aromatic heterocycles. The largest absolute Gasteiger partial charge is 0.504 e. The summed E-state index contributed by atoms with van der Waals surface area (Å²) in [6.45, 7) is 0. The molecule has 29 heavy (non-hydrogen) atoms. The van der Waals surface area contributed by atoms with Gasteiger partial charge in [-0.05, 0) is 30.3 Å². The van der Waals surface area contributed by atoms with Gasteiger partial charge in [0.2, 0.25) is 0 Å². The van der Waals surface area contributed by atoms with Crippen LogP contribution in [0.25, 0.3) is 38.9 Å². The Kier molecular flexibility index (Phi) is 3.80. The number of hydrogen-bond donors (Lipinski definition) is 2. The lowest BCUT2D eigenvalue weighted by Crippen LogP contribution is -2.01. The Labute approximate surface area is 166 Å². The zero-order valence-electron chi connectivity index (χ0n) is 15.6. The quantitative estimate of drug-likeness (QED) is 0.490. The number of nitrogen functional groups attached to an aromatic ring is 1. The van der Waals surface area contributed by atoms with Gasteiger partial charge < -0.3 is 15.6 Å². The summed E-state index contributed by atoms with van der Waals surface area (Å²) in [5.41, 5.74) is 11.0. The second-order valence-electron chi connectivity index (χ2n) is 6.66. The molecule has 7 nitrogen and oxygen atoms in total. The number of methoxy groups -OCH3 is 1. The fourth-order valence-corrected chi connectivity index (χ4v) is 3.39. The molecule has 0 bridgehead atoms. The maximum Gasteiger partial charge on any atom is 0.165 e.